The van der Waals surface area contributed by atoms with Crippen LogP contribution in [0.2, 0.25) is 0 Å². The number of nitrogens with zero attached hydrogens (tertiary/aromatic N) is 3. The fourth-order valence-electron chi connectivity index (χ4n) is 3.03. The first-order valence-electron chi connectivity index (χ1n) is 8.69. The molecular formula is C20H17N3O6. The fraction of sp³-hybridized carbons (Fsp3) is 0.200. The van der Waals surface area contributed by atoms with Crippen molar-refractivity contribution in [3.63, 3.8) is 0 Å². The molecule has 29 heavy (non-hydrogen) atoms. The van der Waals surface area contributed by atoms with Crippen molar-refractivity contribution in [3.8, 4) is 11.6 Å². The van der Waals surface area contributed by atoms with Gasteiger partial charge in [-0.05, 0) is 30.3 Å². The molecule has 0 saturated heterocycles. The summed E-state index contributed by atoms with van der Waals surface area (Å²) in [5.41, 5.74) is 2.47. The molecular weight excluding hydrogens is 378 g/mol. The molecule has 0 unspecified atom stereocenters. The first-order chi connectivity index (χ1) is 14.1. The van der Waals surface area contributed by atoms with Gasteiger partial charge in [-0.25, -0.2) is 14.6 Å². The Balaban J connectivity index is 1.78. The number of carbonyl (C=O) groups is 2. The van der Waals surface area contributed by atoms with E-state index in [1.165, 1.54) is 19.1 Å². The third-order valence-electron chi connectivity index (χ3n) is 4.40. The summed E-state index contributed by atoms with van der Waals surface area (Å²) < 4.78 is 20.9. The largest absolute Gasteiger partial charge is 0.466 e. The molecule has 0 atom stereocenters. The number of anilines is 1. The molecule has 1 aromatic carbocycles. The van der Waals surface area contributed by atoms with Crippen molar-refractivity contribution in [3.05, 3.63) is 53.9 Å². The summed E-state index contributed by atoms with van der Waals surface area (Å²) in [5, 5.41) is 0. The molecule has 0 radical (unpaired) electrons. The number of esters is 2. The highest BCUT2D eigenvalue weighted by atomic mass is 16.5. The van der Waals surface area contributed by atoms with Crippen LogP contribution < -0.4 is 4.90 Å². The van der Waals surface area contributed by atoms with Gasteiger partial charge in [0.2, 0.25) is 5.89 Å². The molecule has 1 aliphatic heterocycles. The summed E-state index contributed by atoms with van der Waals surface area (Å²) in [7, 11) is 2.49. The lowest BCUT2D eigenvalue weighted by molar-refractivity contribution is -0.140. The van der Waals surface area contributed by atoms with Gasteiger partial charge in [0.1, 0.15) is 23.6 Å². The van der Waals surface area contributed by atoms with E-state index in [2.05, 4.69) is 9.97 Å². The first kappa shape index (κ1) is 18.6. The zero-order chi connectivity index (χ0) is 20.4. The van der Waals surface area contributed by atoms with Crippen molar-refractivity contribution in [2.45, 2.75) is 0 Å². The molecule has 0 fully saturated rings. The van der Waals surface area contributed by atoms with Crippen LogP contribution in [0.3, 0.4) is 0 Å². The van der Waals surface area contributed by atoms with Gasteiger partial charge in [-0.3, -0.25) is 4.98 Å². The maximum Gasteiger partial charge on any atom is 0.355 e. The van der Waals surface area contributed by atoms with Gasteiger partial charge in [-0.2, -0.15) is 0 Å². The van der Waals surface area contributed by atoms with Crippen molar-refractivity contribution in [1.82, 2.24) is 9.97 Å². The predicted molar refractivity (Wildman–Crippen MR) is 102 cm³/mol. The second-order valence-electron chi connectivity index (χ2n) is 6.10. The zero-order valence-electron chi connectivity index (χ0n) is 15.7. The lowest BCUT2D eigenvalue weighted by Gasteiger charge is -2.31. The predicted octanol–water partition coefficient (Wildman–Crippen LogP) is 2.28. The number of ether oxygens (including phenoxy) is 3. The van der Waals surface area contributed by atoms with Crippen LogP contribution in [-0.2, 0) is 23.8 Å². The highest BCUT2D eigenvalue weighted by molar-refractivity contribution is 6.03. The van der Waals surface area contributed by atoms with E-state index in [0.29, 0.717) is 28.4 Å². The molecule has 0 N–H and O–H groups in total. The molecule has 0 amide bonds. The lowest BCUT2D eigenvalue weighted by Crippen LogP contribution is -2.38. The van der Waals surface area contributed by atoms with Crippen LogP contribution in [-0.4, -0.2) is 49.5 Å². The van der Waals surface area contributed by atoms with Crippen molar-refractivity contribution in [1.29, 1.82) is 0 Å². The van der Waals surface area contributed by atoms with Crippen molar-refractivity contribution in [2.24, 2.45) is 0 Å². The Morgan fingerprint density at radius 1 is 1.10 bits per heavy atom. The first-order valence-corrected chi connectivity index (χ1v) is 8.69. The number of hydrogen-bond donors (Lipinski definition) is 0. The third kappa shape index (κ3) is 3.43. The van der Waals surface area contributed by atoms with E-state index in [1.807, 2.05) is 6.07 Å². The molecule has 4 rings (SSSR count). The van der Waals surface area contributed by atoms with Gasteiger partial charge in [0.15, 0.2) is 5.58 Å². The average Bonchev–Trinajstić information content (AvgIpc) is 3.21. The van der Waals surface area contributed by atoms with E-state index >= 15 is 0 Å². The Bertz CT molecular complexity index is 1110. The zero-order valence-corrected chi connectivity index (χ0v) is 15.7. The van der Waals surface area contributed by atoms with Gasteiger partial charge in [0.25, 0.3) is 0 Å². The molecule has 0 spiro atoms. The van der Waals surface area contributed by atoms with Crippen LogP contribution in [0.1, 0.15) is 0 Å². The summed E-state index contributed by atoms with van der Waals surface area (Å²) in [5.74, 6) is -0.940. The minimum absolute atomic E-state index is 0.0519. The topological polar surface area (TPSA) is 104 Å². The van der Waals surface area contributed by atoms with Crippen molar-refractivity contribution < 1.29 is 28.2 Å². The highest BCUT2D eigenvalue weighted by Gasteiger charge is 2.32. The molecule has 9 nitrogen and oxygen atoms in total. The number of aromatic nitrogens is 2. The Morgan fingerprint density at radius 3 is 2.66 bits per heavy atom. The lowest BCUT2D eigenvalue weighted by atomic mass is 10.1. The Kier molecular flexibility index (Phi) is 4.96. The van der Waals surface area contributed by atoms with Crippen LogP contribution in [0, 0.1) is 0 Å². The van der Waals surface area contributed by atoms with Gasteiger partial charge in [-0.1, -0.05) is 6.07 Å². The summed E-state index contributed by atoms with van der Waals surface area (Å²) in [6, 6.07) is 10.6. The monoisotopic (exact) mass is 395 g/mol. The van der Waals surface area contributed by atoms with Gasteiger partial charge < -0.3 is 23.5 Å². The number of oxazole rings is 1. The van der Waals surface area contributed by atoms with Crippen LogP contribution in [0.4, 0.5) is 5.69 Å². The van der Waals surface area contributed by atoms with Gasteiger partial charge >= 0.3 is 11.9 Å². The number of methoxy groups -OCH3 is 2. The van der Waals surface area contributed by atoms with Crippen LogP contribution in [0.15, 0.2) is 58.3 Å². The average molecular weight is 395 g/mol. The summed E-state index contributed by atoms with van der Waals surface area (Å²) in [6.45, 7) is 0.00498. The number of rotatable bonds is 4. The molecule has 3 aromatic rings. The normalized spacial score (nSPS) is 14.2. The van der Waals surface area contributed by atoms with Crippen molar-refractivity contribution in [2.75, 3.05) is 32.5 Å². The van der Waals surface area contributed by atoms with E-state index in [9.17, 15) is 9.59 Å². The summed E-state index contributed by atoms with van der Waals surface area (Å²) in [6.07, 6.45) is 1.66. The molecule has 2 aromatic heterocycles. The van der Waals surface area contributed by atoms with E-state index in [0.717, 1.165) is 0 Å². The van der Waals surface area contributed by atoms with Gasteiger partial charge in [-0.15, -0.1) is 0 Å². The second-order valence-corrected chi connectivity index (χ2v) is 6.10. The smallest absolute Gasteiger partial charge is 0.355 e. The van der Waals surface area contributed by atoms with E-state index in [-0.39, 0.29) is 24.6 Å². The maximum atomic E-state index is 12.4. The van der Waals surface area contributed by atoms with E-state index < -0.39 is 11.9 Å². The van der Waals surface area contributed by atoms with E-state index in [4.69, 9.17) is 18.6 Å². The van der Waals surface area contributed by atoms with Gasteiger partial charge in [0.05, 0.1) is 26.4 Å². The van der Waals surface area contributed by atoms with Crippen molar-refractivity contribution >= 4 is 28.7 Å². The number of pyridine rings is 1. The quantitative estimate of drug-likeness (QED) is 0.615. The summed E-state index contributed by atoms with van der Waals surface area (Å²) >= 11 is 0. The number of hydrogen-bond acceptors (Lipinski definition) is 9. The number of carbonyl (C=O) groups excluding carboxylic acids is 2. The molecule has 0 saturated carbocycles. The third-order valence-corrected chi connectivity index (χ3v) is 4.40. The highest BCUT2D eigenvalue weighted by Crippen LogP contribution is 2.31. The minimum Gasteiger partial charge on any atom is -0.466 e. The van der Waals surface area contributed by atoms with Gasteiger partial charge in [0, 0.05) is 11.9 Å². The van der Waals surface area contributed by atoms with Crippen LogP contribution in [0.25, 0.3) is 22.7 Å². The second kappa shape index (κ2) is 7.72. The molecule has 1 aliphatic rings. The fourth-order valence-corrected chi connectivity index (χ4v) is 3.03. The SMILES string of the molecule is COC(=O)C1=C(C(=O)OC)N(c2ccc3oc(-c4ccccn4)nc3c2)COC1. The number of benzene rings is 1. The van der Waals surface area contributed by atoms with Crippen LogP contribution >= 0.6 is 0 Å². The Morgan fingerprint density at radius 2 is 1.93 bits per heavy atom. The van der Waals surface area contributed by atoms with Crippen LogP contribution in [0.5, 0.6) is 0 Å². The maximum absolute atomic E-state index is 12.4. The molecule has 3 heterocycles. The Hall–Kier alpha value is -3.72. The Labute approximate surface area is 165 Å². The minimum atomic E-state index is -0.664. The molecule has 0 aliphatic carbocycles. The number of fused-ring (bicyclic) bond motifs is 1. The molecule has 0 bridgehead atoms. The summed E-state index contributed by atoms with van der Waals surface area (Å²) in [4.78, 5) is 34.8. The molecule has 9 heteroatoms. The molecule has 148 valence electrons. The standard InChI is InChI=1S/C20H17N3O6/c1-26-19(24)13-10-28-11-23(17(13)20(25)27-2)12-6-7-16-15(9-12)22-18(29-16)14-5-3-4-8-21-14/h3-9H,10-11H2,1-2H3. The van der Waals surface area contributed by atoms with E-state index in [1.54, 1.807) is 36.5 Å².